The summed E-state index contributed by atoms with van der Waals surface area (Å²) in [5.74, 6) is -1.80. The SMILES string of the molecule is C[C@H]1Cc2ccccc2N1C(=O)COC(=O)c1cc(S(=O)(=O)N2CCOCC2)ccc1O. The Kier molecular flexibility index (Phi) is 6.18. The predicted octanol–water partition coefficient (Wildman–Crippen LogP) is 1.55. The lowest BCUT2D eigenvalue weighted by atomic mass is 10.1. The van der Waals surface area contributed by atoms with Gasteiger partial charge in [-0.15, -0.1) is 0 Å². The molecule has 2 aliphatic heterocycles. The van der Waals surface area contributed by atoms with Crippen LogP contribution in [0, 0.1) is 0 Å². The maximum absolute atomic E-state index is 12.8. The number of carbonyl (C=O) groups excluding carboxylic acids is 2. The monoisotopic (exact) mass is 460 g/mol. The molecule has 0 spiro atoms. The molecule has 0 radical (unpaired) electrons. The largest absolute Gasteiger partial charge is 0.507 e. The Balaban J connectivity index is 1.48. The molecule has 32 heavy (non-hydrogen) atoms. The molecule has 1 atom stereocenters. The highest BCUT2D eigenvalue weighted by Gasteiger charge is 2.32. The highest BCUT2D eigenvalue weighted by molar-refractivity contribution is 7.89. The van der Waals surface area contributed by atoms with Crippen molar-refractivity contribution in [3.05, 3.63) is 53.6 Å². The van der Waals surface area contributed by atoms with E-state index >= 15 is 0 Å². The van der Waals surface area contributed by atoms with Crippen LogP contribution in [0.1, 0.15) is 22.8 Å². The van der Waals surface area contributed by atoms with Gasteiger partial charge >= 0.3 is 5.97 Å². The van der Waals surface area contributed by atoms with Gasteiger partial charge in [0.1, 0.15) is 11.3 Å². The van der Waals surface area contributed by atoms with Crippen LogP contribution in [-0.2, 0) is 30.7 Å². The highest BCUT2D eigenvalue weighted by atomic mass is 32.2. The number of para-hydroxylation sites is 1. The Labute approximate surface area is 186 Å². The number of carbonyl (C=O) groups is 2. The molecule has 2 aromatic carbocycles. The van der Waals surface area contributed by atoms with E-state index in [1.807, 2.05) is 31.2 Å². The lowest BCUT2D eigenvalue weighted by Gasteiger charge is -2.26. The van der Waals surface area contributed by atoms with E-state index in [4.69, 9.17) is 9.47 Å². The van der Waals surface area contributed by atoms with Gasteiger partial charge in [0.05, 0.1) is 18.1 Å². The molecule has 170 valence electrons. The summed E-state index contributed by atoms with van der Waals surface area (Å²) >= 11 is 0. The fourth-order valence-corrected chi connectivity index (χ4v) is 5.43. The standard InChI is InChI=1S/C22H24N2O7S/c1-15-12-16-4-2-3-5-19(16)24(15)21(26)14-31-22(27)18-13-17(6-7-20(18)25)32(28,29)23-8-10-30-11-9-23/h2-7,13,15,25H,8-12,14H2,1H3/t15-/m0/s1. The molecule has 1 amide bonds. The average molecular weight is 461 g/mol. The van der Waals surface area contributed by atoms with Gasteiger partial charge in [0, 0.05) is 24.8 Å². The number of benzene rings is 2. The Morgan fingerprint density at radius 2 is 1.88 bits per heavy atom. The number of sulfonamides is 1. The summed E-state index contributed by atoms with van der Waals surface area (Å²) in [6.45, 7) is 2.35. The van der Waals surface area contributed by atoms with E-state index in [2.05, 4.69) is 0 Å². The molecule has 1 fully saturated rings. The maximum Gasteiger partial charge on any atom is 0.342 e. The van der Waals surface area contributed by atoms with Crippen molar-refractivity contribution in [3.63, 3.8) is 0 Å². The molecule has 0 bridgehead atoms. The van der Waals surface area contributed by atoms with Gasteiger partial charge in [-0.25, -0.2) is 13.2 Å². The van der Waals surface area contributed by atoms with Crippen LogP contribution >= 0.6 is 0 Å². The second-order valence-electron chi connectivity index (χ2n) is 7.72. The van der Waals surface area contributed by atoms with Crippen molar-refractivity contribution in [1.29, 1.82) is 0 Å². The van der Waals surface area contributed by atoms with Crippen molar-refractivity contribution in [1.82, 2.24) is 4.31 Å². The van der Waals surface area contributed by atoms with Gasteiger partial charge in [-0.05, 0) is 43.2 Å². The van der Waals surface area contributed by atoms with Gasteiger partial charge in [-0.2, -0.15) is 4.31 Å². The molecular weight excluding hydrogens is 436 g/mol. The second kappa shape index (κ2) is 8.89. The summed E-state index contributed by atoms with van der Waals surface area (Å²) in [6, 6.07) is 10.9. The minimum atomic E-state index is -3.86. The number of fused-ring (bicyclic) bond motifs is 1. The molecule has 2 aromatic rings. The second-order valence-corrected chi connectivity index (χ2v) is 9.66. The molecule has 0 aliphatic carbocycles. The third-order valence-corrected chi connectivity index (χ3v) is 7.49. The smallest absolute Gasteiger partial charge is 0.342 e. The summed E-state index contributed by atoms with van der Waals surface area (Å²) in [5, 5.41) is 10.1. The van der Waals surface area contributed by atoms with Crippen molar-refractivity contribution >= 4 is 27.6 Å². The molecule has 2 aliphatic rings. The first-order valence-electron chi connectivity index (χ1n) is 10.3. The van der Waals surface area contributed by atoms with Crippen molar-refractivity contribution in [2.75, 3.05) is 37.8 Å². The number of hydrogen-bond acceptors (Lipinski definition) is 7. The highest BCUT2D eigenvalue weighted by Crippen LogP contribution is 2.32. The van der Waals surface area contributed by atoms with Crippen LogP contribution < -0.4 is 4.90 Å². The number of phenols is 1. The molecule has 9 nitrogen and oxygen atoms in total. The number of ether oxygens (including phenoxy) is 2. The predicted molar refractivity (Wildman–Crippen MR) is 115 cm³/mol. The van der Waals surface area contributed by atoms with Gasteiger partial charge in [0.25, 0.3) is 5.91 Å². The maximum atomic E-state index is 12.8. The lowest BCUT2D eigenvalue weighted by Crippen LogP contribution is -2.40. The Hall–Kier alpha value is -2.95. The molecule has 1 saturated heterocycles. The Bertz CT molecular complexity index is 1140. The summed E-state index contributed by atoms with van der Waals surface area (Å²) in [4.78, 5) is 26.8. The Morgan fingerprint density at radius 3 is 2.62 bits per heavy atom. The number of amides is 1. The summed E-state index contributed by atoms with van der Waals surface area (Å²) in [5.41, 5.74) is 1.50. The van der Waals surface area contributed by atoms with E-state index < -0.39 is 34.3 Å². The summed E-state index contributed by atoms with van der Waals surface area (Å²) in [6.07, 6.45) is 0.706. The van der Waals surface area contributed by atoms with E-state index in [-0.39, 0.29) is 42.8 Å². The number of anilines is 1. The van der Waals surface area contributed by atoms with Crippen molar-refractivity contribution in [3.8, 4) is 5.75 Å². The molecule has 4 rings (SSSR count). The molecular formula is C22H24N2O7S. The summed E-state index contributed by atoms with van der Waals surface area (Å²) < 4.78 is 37.3. The van der Waals surface area contributed by atoms with Gasteiger partial charge in [-0.1, -0.05) is 18.2 Å². The van der Waals surface area contributed by atoms with Gasteiger partial charge < -0.3 is 19.5 Å². The first-order valence-corrected chi connectivity index (χ1v) is 11.7. The fraction of sp³-hybridized carbons (Fsp3) is 0.364. The molecule has 2 heterocycles. The normalized spacial score (nSPS) is 18.9. The van der Waals surface area contributed by atoms with Gasteiger partial charge in [0.2, 0.25) is 10.0 Å². The average Bonchev–Trinajstić information content (AvgIpc) is 3.13. The number of aromatic hydroxyl groups is 1. The number of nitrogens with zero attached hydrogens (tertiary/aromatic N) is 2. The number of morpholine rings is 1. The van der Waals surface area contributed by atoms with Crippen LogP contribution in [0.25, 0.3) is 0 Å². The van der Waals surface area contributed by atoms with Crippen molar-refractivity contribution in [2.24, 2.45) is 0 Å². The third-order valence-electron chi connectivity index (χ3n) is 5.60. The van der Waals surface area contributed by atoms with Gasteiger partial charge in [-0.3, -0.25) is 4.79 Å². The molecule has 0 aromatic heterocycles. The van der Waals surface area contributed by atoms with Crippen LogP contribution in [0.15, 0.2) is 47.4 Å². The van der Waals surface area contributed by atoms with E-state index in [0.29, 0.717) is 6.42 Å². The van der Waals surface area contributed by atoms with E-state index in [1.165, 1.54) is 10.4 Å². The summed E-state index contributed by atoms with van der Waals surface area (Å²) in [7, 11) is -3.86. The van der Waals surface area contributed by atoms with Gasteiger partial charge in [0.15, 0.2) is 6.61 Å². The van der Waals surface area contributed by atoms with Crippen LogP contribution in [-0.4, -0.2) is 68.7 Å². The molecule has 10 heteroatoms. The van der Waals surface area contributed by atoms with Crippen LogP contribution in [0.5, 0.6) is 5.75 Å². The zero-order valence-corrected chi connectivity index (χ0v) is 18.4. The van der Waals surface area contributed by atoms with E-state index in [0.717, 1.165) is 23.4 Å². The van der Waals surface area contributed by atoms with E-state index in [1.54, 1.807) is 4.90 Å². The third kappa shape index (κ3) is 4.21. The number of phenolic OH excluding ortho intramolecular Hbond substituents is 1. The number of rotatable bonds is 5. The number of hydrogen-bond donors (Lipinski definition) is 1. The minimum Gasteiger partial charge on any atom is -0.507 e. The zero-order chi connectivity index (χ0) is 22.9. The first kappa shape index (κ1) is 22.3. The Morgan fingerprint density at radius 1 is 1.16 bits per heavy atom. The number of esters is 1. The first-order chi connectivity index (χ1) is 15.3. The fourth-order valence-electron chi connectivity index (χ4n) is 4.00. The lowest BCUT2D eigenvalue weighted by molar-refractivity contribution is -0.122. The van der Waals surface area contributed by atoms with Crippen LogP contribution in [0.4, 0.5) is 5.69 Å². The van der Waals surface area contributed by atoms with E-state index in [9.17, 15) is 23.1 Å². The quantitative estimate of drug-likeness (QED) is 0.674. The zero-order valence-electron chi connectivity index (χ0n) is 17.6. The van der Waals surface area contributed by atoms with Crippen LogP contribution in [0.3, 0.4) is 0 Å². The van der Waals surface area contributed by atoms with Crippen molar-refractivity contribution < 1.29 is 32.6 Å². The molecule has 1 N–H and O–H groups in total. The molecule has 0 saturated carbocycles. The minimum absolute atomic E-state index is 0.0750. The topological polar surface area (TPSA) is 113 Å². The molecule has 0 unspecified atom stereocenters. The van der Waals surface area contributed by atoms with Crippen LogP contribution in [0.2, 0.25) is 0 Å². The van der Waals surface area contributed by atoms with Crippen molar-refractivity contribution in [2.45, 2.75) is 24.3 Å².